The summed E-state index contributed by atoms with van der Waals surface area (Å²) in [6.07, 6.45) is 7.49. The fourth-order valence-electron chi connectivity index (χ4n) is 3.94. The van der Waals surface area contributed by atoms with Crippen LogP contribution in [0.3, 0.4) is 0 Å². The number of hydrogen-bond acceptors (Lipinski definition) is 5. The molecule has 1 atom stereocenters. The lowest BCUT2D eigenvalue weighted by Crippen LogP contribution is -2.40. The number of pyridine rings is 1. The lowest BCUT2D eigenvalue weighted by atomic mass is 10.2. The highest BCUT2D eigenvalue weighted by Crippen LogP contribution is 2.39. The average molecular weight is 390 g/mol. The minimum atomic E-state index is -0.173. The quantitative estimate of drug-likeness (QED) is 0.720. The summed E-state index contributed by atoms with van der Waals surface area (Å²) in [6.45, 7) is 1.05. The first-order chi connectivity index (χ1) is 14.2. The number of amides is 1. The molecule has 148 valence electrons. The van der Waals surface area contributed by atoms with Crippen LogP contribution in [-0.4, -0.2) is 48.4 Å². The molecule has 4 heterocycles. The van der Waals surface area contributed by atoms with Gasteiger partial charge in [0, 0.05) is 42.2 Å². The number of aromatic nitrogens is 5. The van der Waals surface area contributed by atoms with Crippen molar-refractivity contribution in [2.24, 2.45) is 0 Å². The van der Waals surface area contributed by atoms with Gasteiger partial charge >= 0.3 is 0 Å². The smallest absolute Gasteiger partial charge is 0.274 e. The highest BCUT2D eigenvalue weighted by Gasteiger charge is 2.33. The number of carbonyl (C=O) groups excluding carboxylic acids is 1. The first kappa shape index (κ1) is 17.8. The first-order valence-corrected chi connectivity index (χ1v) is 10.0. The van der Waals surface area contributed by atoms with Crippen LogP contribution in [0.5, 0.6) is 0 Å². The van der Waals surface area contributed by atoms with Crippen LogP contribution < -0.4 is 5.56 Å². The number of nitrogens with zero attached hydrogens (tertiary/aromatic N) is 5. The minimum Gasteiger partial charge on any atom is -0.332 e. The number of rotatable bonds is 5. The monoisotopic (exact) mass is 390 g/mol. The van der Waals surface area contributed by atoms with Crippen LogP contribution in [0.25, 0.3) is 11.3 Å². The molecule has 2 fully saturated rings. The van der Waals surface area contributed by atoms with Gasteiger partial charge in [0.05, 0.1) is 18.3 Å². The summed E-state index contributed by atoms with van der Waals surface area (Å²) in [6, 6.07) is 8.78. The van der Waals surface area contributed by atoms with Crippen LogP contribution >= 0.6 is 0 Å². The maximum absolute atomic E-state index is 13.0. The molecule has 8 heteroatoms. The Morgan fingerprint density at radius 2 is 2.10 bits per heavy atom. The van der Waals surface area contributed by atoms with Gasteiger partial charge in [0.15, 0.2) is 0 Å². The summed E-state index contributed by atoms with van der Waals surface area (Å²) in [5.41, 5.74) is 2.88. The third-order valence-electron chi connectivity index (χ3n) is 5.68. The van der Waals surface area contributed by atoms with E-state index in [-0.39, 0.29) is 17.5 Å². The highest BCUT2D eigenvalue weighted by atomic mass is 16.2. The second-order valence-electron chi connectivity index (χ2n) is 7.76. The Morgan fingerprint density at radius 3 is 2.90 bits per heavy atom. The van der Waals surface area contributed by atoms with Crippen molar-refractivity contribution in [3.8, 4) is 11.3 Å². The molecule has 0 bridgehead atoms. The van der Waals surface area contributed by atoms with Gasteiger partial charge in [0.1, 0.15) is 5.69 Å². The molecule has 1 aliphatic heterocycles. The van der Waals surface area contributed by atoms with E-state index in [9.17, 15) is 9.59 Å². The maximum Gasteiger partial charge on any atom is 0.274 e. The molecule has 0 aromatic carbocycles. The van der Waals surface area contributed by atoms with E-state index < -0.39 is 0 Å². The van der Waals surface area contributed by atoms with Crippen LogP contribution in [0.4, 0.5) is 0 Å². The van der Waals surface area contributed by atoms with Crippen molar-refractivity contribution >= 4 is 5.91 Å². The molecule has 3 aromatic heterocycles. The summed E-state index contributed by atoms with van der Waals surface area (Å²) in [5, 5.41) is 11.7. The largest absolute Gasteiger partial charge is 0.332 e. The van der Waals surface area contributed by atoms with E-state index in [4.69, 9.17) is 0 Å². The SMILES string of the molecule is O=C(c1cc(C2CC2)[nH]n1)N1CCCC1Cn1nc(-c2cccnc2)ccc1=O. The first-order valence-electron chi connectivity index (χ1n) is 10.0. The molecular formula is C21H22N6O2. The third kappa shape index (κ3) is 3.57. The van der Waals surface area contributed by atoms with Crippen LogP contribution in [0.15, 0.2) is 47.5 Å². The zero-order valence-corrected chi connectivity index (χ0v) is 16.0. The van der Waals surface area contributed by atoms with Crippen molar-refractivity contribution in [1.82, 2.24) is 29.9 Å². The van der Waals surface area contributed by atoms with Crippen LogP contribution in [0, 0.1) is 0 Å². The molecule has 3 aromatic rings. The maximum atomic E-state index is 13.0. The number of hydrogen-bond donors (Lipinski definition) is 1. The number of nitrogens with one attached hydrogen (secondary N) is 1. The minimum absolute atomic E-state index is 0.0714. The summed E-state index contributed by atoms with van der Waals surface area (Å²) < 4.78 is 1.46. The highest BCUT2D eigenvalue weighted by molar-refractivity contribution is 5.92. The van der Waals surface area contributed by atoms with Crippen LogP contribution in [0.1, 0.15) is 47.8 Å². The van der Waals surface area contributed by atoms with E-state index in [0.717, 1.165) is 36.9 Å². The lowest BCUT2D eigenvalue weighted by Gasteiger charge is -2.24. The number of likely N-dealkylation sites (tertiary alicyclic amines) is 1. The van der Waals surface area contributed by atoms with E-state index in [1.165, 1.54) is 10.7 Å². The molecule has 2 aliphatic rings. The molecule has 1 saturated carbocycles. The van der Waals surface area contributed by atoms with Gasteiger partial charge in [-0.05, 0) is 49.9 Å². The number of aromatic amines is 1. The standard InChI is InChI=1S/C21H22N6O2/c28-20-8-7-17(15-3-1-9-22-12-15)25-27(20)13-16-4-2-10-26(16)21(29)19-11-18(23-24-19)14-5-6-14/h1,3,7-9,11-12,14,16H,2,4-6,10,13H2,(H,23,24). The Labute approximate surface area is 167 Å². The summed E-state index contributed by atoms with van der Waals surface area (Å²) in [7, 11) is 0. The van der Waals surface area contributed by atoms with Gasteiger partial charge in [0.2, 0.25) is 0 Å². The van der Waals surface area contributed by atoms with Crippen molar-refractivity contribution in [3.63, 3.8) is 0 Å². The van der Waals surface area contributed by atoms with E-state index in [1.54, 1.807) is 18.5 Å². The second-order valence-corrected chi connectivity index (χ2v) is 7.76. The fourth-order valence-corrected chi connectivity index (χ4v) is 3.94. The molecule has 1 saturated heterocycles. The van der Waals surface area contributed by atoms with Crippen molar-refractivity contribution in [1.29, 1.82) is 0 Å². The van der Waals surface area contributed by atoms with Crippen molar-refractivity contribution in [3.05, 3.63) is 64.5 Å². The Balaban J connectivity index is 1.36. The van der Waals surface area contributed by atoms with Crippen molar-refractivity contribution in [2.75, 3.05) is 6.54 Å². The summed E-state index contributed by atoms with van der Waals surface area (Å²) in [5.74, 6) is 0.448. The van der Waals surface area contributed by atoms with Crippen molar-refractivity contribution < 1.29 is 4.79 Å². The van der Waals surface area contributed by atoms with E-state index in [1.807, 2.05) is 23.1 Å². The number of H-pyrrole nitrogens is 1. The Morgan fingerprint density at radius 1 is 1.21 bits per heavy atom. The molecule has 1 unspecified atom stereocenters. The molecular weight excluding hydrogens is 368 g/mol. The summed E-state index contributed by atoms with van der Waals surface area (Å²) >= 11 is 0. The van der Waals surface area contributed by atoms with Gasteiger partial charge in [-0.1, -0.05) is 0 Å². The molecule has 1 N–H and O–H groups in total. The van der Waals surface area contributed by atoms with Crippen LogP contribution in [-0.2, 0) is 6.54 Å². The van der Waals surface area contributed by atoms with Gasteiger partial charge in [-0.2, -0.15) is 10.2 Å². The molecule has 1 amide bonds. The van der Waals surface area contributed by atoms with Gasteiger partial charge in [0.25, 0.3) is 11.5 Å². The molecule has 5 rings (SSSR count). The van der Waals surface area contributed by atoms with Gasteiger partial charge in [-0.15, -0.1) is 0 Å². The average Bonchev–Trinajstić information content (AvgIpc) is 3.30. The second kappa shape index (κ2) is 7.27. The normalized spacial score (nSPS) is 18.9. The van der Waals surface area contributed by atoms with Crippen LogP contribution in [0.2, 0.25) is 0 Å². The predicted molar refractivity (Wildman–Crippen MR) is 106 cm³/mol. The molecule has 0 spiro atoms. The Hall–Kier alpha value is -3.29. The fraction of sp³-hybridized carbons (Fsp3) is 0.381. The third-order valence-corrected chi connectivity index (χ3v) is 5.68. The Bertz CT molecular complexity index is 1090. The predicted octanol–water partition coefficient (Wildman–Crippen LogP) is 2.21. The molecule has 8 nitrogen and oxygen atoms in total. The molecule has 29 heavy (non-hydrogen) atoms. The zero-order chi connectivity index (χ0) is 19.8. The molecule has 1 aliphatic carbocycles. The lowest BCUT2D eigenvalue weighted by molar-refractivity contribution is 0.0714. The van der Waals surface area contributed by atoms with Gasteiger partial charge in [-0.3, -0.25) is 19.7 Å². The van der Waals surface area contributed by atoms with E-state index >= 15 is 0 Å². The van der Waals surface area contributed by atoms with Crippen molar-refractivity contribution in [2.45, 2.75) is 44.2 Å². The zero-order valence-electron chi connectivity index (χ0n) is 16.0. The van der Waals surface area contributed by atoms with Gasteiger partial charge in [-0.25, -0.2) is 4.68 Å². The Kier molecular flexibility index (Phi) is 4.46. The topological polar surface area (TPSA) is 96.8 Å². The number of carbonyl (C=O) groups is 1. The molecule has 0 radical (unpaired) electrons. The van der Waals surface area contributed by atoms with Gasteiger partial charge < -0.3 is 4.90 Å². The van der Waals surface area contributed by atoms with E-state index in [2.05, 4.69) is 20.3 Å². The van der Waals surface area contributed by atoms with E-state index in [0.29, 0.717) is 30.4 Å². The summed E-state index contributed by atoms with van der Waals surface area (Å²) in [4.78, 5) is 31.3.